The van der Waals surface area contributed by atoms with Crippen LogP contribution in [0.5, 0.6) is 23.1 Å². The molecular formula is C73H90Cl2N12O10. The van der Waals surface area contributed by atoms with Gasteiger partial charge in [0.15, 0.2) is 29.8 Å². The molecule has 2 fully saturated rings. The Balaban J connectivity index is 0.000000152. The van der Waals surface area contributed by atoms with Crippen LogP contribution in [0.25, 0.3) is 0 Å². The highest BCUT2D eigenvalue weighted by Gasteiger charge is 2.24. The average Bonchev–Trinajstić information content (AvgIpc) is 1.84. The van der Waals surface area contributed by atoms with Gasteiger partial charge >= 0.3 is 5.97 Å². The van der Waals surface area contributed by atoms with Crippen LogP contribution in [0.3, 0.4) is 0 Å². The first-order valence-electron chi connectivity index (χ1n) is 33.3. The van der Waals surface area contributed by atoms with Crippen LogP contribution in [-0.4, -0.2) is 128 Å². The Kier molecular flexibility index (Phi) is 27.7. The molecule has 516 valence electrons. The summed E-state index contributed by atoms with van der Waals surface area (Å²) in [6, 6.07) is 35.4. The van der Waals surface area contributed by atoms with E-state index in [1.165, 1.54) is 11.3 Å². The summed E-state index contributed by atoms with van der Waals surface area (Å²) < 4.78 is 43.5. The van der Waals surface area contributed by atoms with Gasteiger partial charge in [0.2, 0.25) is 11.8 Å². The number of hydrogen-bond donors (Lipinski definition) is 1. The Morgan fingerprint density at radius 1 is 0.619 bits per heavy atom. The van der Waals surface area contributed by atoms with Crippen molar-refractivity contribution in [3.8, 4) is 23.1 Å². The Hall–Kier alpha value is -8.83. The molecule has 4 aliphatic heterocycles. The Morgan fingerprint density at radius 2 is 1.26 bits per heavy atom. The van der Waals surface area contributed by atoms with Crippen molar-refractivity contribution < 1.29 is 47.1 Å². The topological polar surface area (TPSA) is 232 Å². The van der Waals surface area contributed by atoms with Crippen molar-refractivity contribution in [3.63, 3.8) is 0 Å². The molecule has 0 saturated carbocycles. The van der Waals surface area contributed by atoms with E-state index in [0.29, 0.717) is 72.1 Å². The smallest absolute Gasteiger partial charge is 0.338 e. The Bertz CT molecular complexity index is 3750. The highest BCUT2D eigenvalue weighted by atomic mass is 35.5. The number of hydroxylamine groups is 1. The number of unbranched alkanes of at least 4 members (excludes halogenated alkanes) is 2. The summed E-state index contributed by atoms with van der Waals surface area (Å²) in [5, 5.41) is 25.4. The molecule has 2 unspecified atom stereocenters. The number of esters is 1. The summed E-state index contributed by atoms with van der Waals surface area (Å²) in [5.41, 5.74) is 12.9. The van der Waals surface area contributed by atoms with Crippen molar-refractivity contribution in [2.45, 2.75) is 126 Å². The summed E-state index contributed by atoms with van der Waals surface area (Å²) in [6.45, 7) is 24.4. The number of hydrogen-bond acceptors (Lipinski definition) is 22. The predicted molar refractivity (Wildman–Crippen MR) is 377 cm³/mol. The zero-order chi connectivity index (χ0) is 68.5. The van der Waals surface area contributed by atoms with Gasteiger partial charge in [-0.15, -0.1) is 20.8 Å². The van der Waals surface area contributed by atoms with Gasteiger partial charge in [-0.2, -0.15) is 5.10 Å². The third kappa shape index (κ3) is 22.4. The van der Waals surface area contributed by atoms with Crippen LogP contribution in [-0.2, 0) is 27.2 Å². The molecular weight excluding hydrogens is 1280 g/mol. The number of nitrogens with zero attached hydrogens (tertiary/aromatic N) is 11. The lowest BCUT2D eigenvalue weighted by molar-refractivity contribution is 0.0526. The molecule has 0 radical (unpaired) electrons. The number of halogens is 2. The molecule has 2 atom stereocenters. The Morgan fingerprint density at radius 3 is 1.84 bits per heavy atom. The molecule has 4 aromatic carbocycles. The van der Waals surface area contributed by atoms with Gasteiger partial charge in [0.25, 0.3) is 0 Å². The first kappa shape index (κ1) is 72.4. The third-order valence-corrected chi connectivity index (χ3v) is 17.0. The number of ether oxygens (including phenoxy) is 6. The number of methoxy groups -OCH3 is 1. The van der Waals surface area contributed by atoms with Crippen LogP contribution < -0.4 is 39.1 Å². The molecule has 22 nitrogen and oxygen atoms in total. The number of aryl methyl sites for hydroxylation is 8. The maximum absolute atomic E-state index is 11.6. The fraction of sp³-hybridized carbons (Fsp3) is 0.438. The van der Waals surface area contributed by atoms with Gasteiger partial charge in [0.1, 0.15) is 23.0 Å². The quantitative estimate of drug-likeness (QED) is 0.0437. The van der Waals surface area contributed by atoms with Crippen LogP contribution in [0.15, 0.2) is 128 Å². The minimum Gasteiger partial charge on any atom is -0.494 e. The van der Waals surface area contributed by atoms with Gasteiger partial charge in [-0.25, -0.2) is 9.79 Å². The number of piperazine rings is 1. The van der Waals surface area contributed by atoms with Crippen LogP contribution in [0.4, 0.5) is 17.3 Å². The van der Waals surface area contributed by atoms with Crippen molar-refractivity contribution in [2.24, 2.45) is 15.9 Å². The van der Waals surface area contributed by atoms with Gasteiger partial charge < -0.3 is 57.0 Å². The molecule has 2 saturated heterocycles. The first-order chi connectivity index (χ1) is 47.1. The monoisotopic (exact) mass is 1360 g/mol. The molecule has 0 bridgehead atoms. The van der Waals surface area contributed by atoms with Crippen LogP contribution in [0.2, 0.25) is 10.0 Å². The minimum absolute atomic E-state index is 0.147. The van der Waals surface area contributed by atoms with E-state index < -0.39 is 0 Å². The van der Waals surface area contributed by atoms with E-state index in [0.717, 1.165) is 171 Å². The summed E-state index contributed by atoms with van der Waals surface area (Å²) in [5.74, 6) is 7.53. The van der Waals surface area contributed by atoms with E-state index in [2.05, 4.69) is 118 Å². The van der Waals surface area contributed by atoms with Gasteiger partial charge in [-0.3, -0.25) is 4.99 Å². The summed E-state index contributed by atoms with van der Waals surface area (Å²) in [6.07, 6.45) is 10.1. The fourth-order valence-electron chi connectivity index (χ4n) is 11.4. The average molecular weight is 1370 g/mol. The number of aliphatic imine (C=N–C) groups is 2. The molecule has 1 N–H and O–H groups in total. The number of aromatic nitrogens is 6. The largest absolute Gasteiger partial charge is 0.494 e. The van der Waals surface area contributed by atoms with Crippen LogP contribution in [0.1, 0.15) is 138 Å². The zero-order valence-electron chi connectivity index (χ0n) is 57.1. The molecule has 0 spiro atoms. The van der Waals surface area contributed by atoms with E-state index >= 15 is 0 Å². The second kappa shape index (κ2) is 37.1. The lowest BCUT2D eigenvalue weighted by Gasteiger charge is -2.36. The van der Waals surface area contributed by atoms with Gasteiger partial charge in [-0.1, -0.05) is 45.6 Å². The van der Waals surface area contributed by atoms with Gasteiger partial charge in [-0.05, 0) is 200 Å². The Labute approximate surface area is 578 Å². The van der Waals surface area contributed by atoms with Crippen molar-refractivity contribution >= 4 is 58.6 Å². The van der Waals surface area contributed by atoms with Crippen LogP contribution in [0, 0.1) is 47.5 Å². The molecule has 12 rings (SSSR count). The highest BCUT2D eigenvalue weighted by Crippen LogP contribution is 2.38. The van der Waals surface area contributed by atoms with Crippen molar-refractivity contribution in [1.82, 2.24) is 36.2 Å². The SMILES string of the molecule is CC1=NC(c2cc(C)c(OCCCc3cc(C)no3)c(C)c2)NO1.CCOC(=O)c1ccc(OCCC2CCN(c3ccc(C)nn3)CC2)cc1.COc1ccc(N2CCN(c3cccc(C)c3)CC2)nn1.Cc1cc(CCCCCOc2c(Cl)cc(C3N=CCO3)cc2Cl)on1. The number of carbonyl (C=O) groups excluding carboxylic acids is 1. The van der Waals surface area contributed by atoms with E-state index in [1.807, 2.05) is 76.2 Å². The number of piperidine rings is 1. The van der Waals surface area contributed by atoms with E-state index in [4.69, 9.17) is 65.5 Å². The number of carbonyl (C=O) groups is 1. The molecule has 0 amide bonds. The number of anilines is 3. The normalized spacial score (nSPS) is 15.8. The third-order valence-electron chi connectivity index (χ3n) is 16.5. The number of nitrogens with one attached hydrogen (secondary N) is 1. The van der Waals surface area contributed by atoms with Crippen molar-refractivity contribution in [1.29, 1.82) is 0 Å². The fourth-order valence-corrected chi connectivity index (χ4v) is 12.0. The van der Waals surface area contributed by atoms with Gasteiger partial charge in [0, 0.05) is 94.7 Å². The van der Waals surface area contributed by atoms with E-state index in [-0.39, 0.29) is 18.4 Å². The lowest BCUT2D eigenvalue weighted by atomic mass is 9.94. The standard InChI is InChI=1S/C21H27N3O3.C18H20Cl2N2O3.C18H23N3O3.C16H20N4O/c1-3-26-21(25)18-5-7-19(8-6-18)27-15-12-17-10-13-24(14-11-17)20-9-4-16(2)22-23-20;1-12-9-14(25-22-12)5-3-2-4-7-23-17-15(19)10-13(11-16(17)20)18-21-6-8-24-18;1-11-8-15(18-19-14(4)23-21-18)9-12(2)17(11)22-7-5-6-16-10-13(3)20-24-16;1-13-4-3-5-14(12-13)19-8-10-20(11-9-19)15-6-7-16(21-2)18-17-15/h4-9,17H,3,10-15H2,1-2H3;6,9-11,18H,2-5,7-8H2,1H3;8-10,18,21H,5-7H2,1-4H3;3-7,12H,8-11H2,1-2H3. The van der Waals surface area contributed by atoms with E-state index in [9.17, 15) is 4.79 Å². The first-order valence-corrected chi connectivity index (χ1v) is 34.0. The molecule has 4 aliphatic rings. The number of benzene rings is 4. The second-order valence-electron chi connectivity index (χ2n) is 24.2. The van der Waals surface area contributed by atoms with E-state index in [1.54, 1.807) is 44.5 Å². The molecule has 8 heterocycles. The second-order valence-corrected chi connectivity index (χ2v) is 25.0. The van der Waals surface area contributed by atoms with Crippen molar-refractivity contribution in [2.75, 3.05) is 94.1 Å². The highest BCUT2D eigenvalue weighted by molar-refractivity contribution is 6.37. The minimum atomic E-state index is -0.330. The molecule has 8 aromatic rings. The van der Waals surface area contributed by atoms with Gasteiger partial charge in [0.05, 0.1) is 72.8 Å². The molecule has 97 heavy (non-hydrogen) atoms. The summed E-state index contributed by atoms with van der Waals surface area (Å²) >= 11 is 12.6. The number of rotatable bonds is 24. The summed E-state index contributed by atoms with van der Waals surface area (Å²) in [4.78, 5) is 32.5. The van der Waals surface area contributed by atoms with Crippen LogP contribution >= 0.6 is 23.2 Å². The summed E-state index contributed by atoms with van der Waals surface area (Å²) in [7, 11) is 1.60. The maximum Gasteiger partial charge on any atom is 0.338 e. The van der Waals surface area contributed by atoms with Crippen molar-refractivity contribution in [3.05, 3.63) is 181 Å². The maximum atomic E-state index is 11.6. The molecule has 4 aromatic heterocycles. The lowest BCUT2D eigenvalue weighted by Crippen LogP contribution is -2.46. The predicted octanol–water partition coefficient (Wildman–Crippen LogP) is 14.5. The zero-order valence-corrected chi connectivity index (χ0v) is 58.6. The molecule has 0 aliphatic carbocycles. The molecule has 24 heteroatoms.